The molecule has 1 aromatic carbocycles. The maximum Gasteiger partial charge on any atom is 0.276 e. The zero-order chi connectivity index (χ0) is 18.3. The van der Waals surface area contributed by atoms with Crippen molar-refractivity contribution in [1.82, 2.24) is 14.2 Å². The highest BCUT2D eigenvalue weighted by Gasteiger charge is 2.25. The van der Waals surface area contributed by atoms with Crippen LogP contribution in [0.15, 0.2) is 41.5 Å². The first-order valence-corrected chi connectivity index (χ1v) is 9.23. The molecule has 2 N–H and O–H groups in total. The van der Waals surface area contributed by atoms with Crippen LogP contribution in [0, 0.1) is 0 Å². The van der Waals surface area contributed by atoms with Gasteiger partial charge in [0.15, 0.2) is 5.82 Å². The summed E-state index contributed by atoms with van der Waals surface area (Å²) in [5, 5.41) is 5.42. The van der Waals surface area contributed by atoms with Gasteiger partial charge in [-0.25, -0.2) is 4.52 Å². The molecule has 4 rings (SSSR count). The molecule has 3 aromatic rings. The van der Waals surface area contributed by atoms with Crippen LogP contribution >= 0.6 is 24.0 Å². The zero-order valence-corrected chi connectivity index (χ0v) is 16.7. The summed E-state index contributed by atoms with van der Waals surface area (Å²) in [6, 6.07) is 7.86. The lowest BCUT2D eigenvalue weighted by atomic mass is 10.0. The number of piperidine rings is 1. The molecule has 0 bridgehead atoms. The van der Waals surface area contributed by atoms with Crippen LogP contribution in [0.25, 0.3) is 5.52 Å². The predicted octanol–water partition coefficient (Wildman–Crippen LogP) is 2.63. The first-order valence-electron chi connectivity index (χ1n) is 8.85. The summed E-state index contributed by atoms with van der Waals surface area (Å²) in [5.41, 5.74) is 8.61. The Kier molecular flexibility index (Phi) is 5.79. The highest BCUT2D eigenvalue weighted by Crippen LogP contribution is 2.29. The minimum Gasteiger partial charge on any atom is -0.353 e. The first-order chi connectivity index (χ1) is 12.5. The molecule has 2 aromatic heterocycles. The first kappa shape index (κ1) is 19.7. The Balaban J connectivity index is 0.00000210. The number of aromatic nitrogens is 3. The quantitative estimate of drug-likeness (QED) is 0.724. The van der Waals surface area contributed by atoms with Crippen LogP contribution in [0.3, 0.4) is 0 Å². The minimum absolute atomic E-state index is 0. The van der Waals surface area contributed by atoms with Crippen molar-refractivity contribution in [1.29, 1.82) is 0 Å². The van der Waals surface area contributed by atoms with E-state index in [1.807, 2.05) is 30.5 Å². The molecule has 1 aliphatic rings. The van der Waals surface area contributed by atoms with Gasteiger partial charge in [0.05, 0.1) is 0 Å². The van der Waals surface area contributed by atoms with Gasteiger partial charge in [-0.15, -0.1) is 17.5 Å². The monoisotopic (exact) mass is 407 g/mol. The standard InChI is InChI=1S/C19H22ClN5O.ClH/c1-23-9-10-25-17(19(23)26)15(11-13-5-2-3-7-16(13)20)18(22-25)24-8-4-6-14(21)12-24;/h2-3,5,7,9-10,14H,4,6,8,11-12,21H2,1H3;1H/t14-;/m1./s1. The van der Waals surface area contributed by atoms with Crippen LogP contribution in [0.1, 0.15) is 24.0 Å². The SMILES string of the molecule is Cl.Cn1ccn2nc(N3CCC[C@@H](N)C3)c(Cc3ccccc3Cl)c2c1=O. The van der Waals surface area contributed by atoms with E-state index in [4.69, 9.17) is 22.4 Å². The Morgan fingerprint density at radius 3 is 2.81 bits per heavy atom. The fourth-order valence-corrected chi connectivity index (χ4v) is 3.84. The Hall–Kier alpha value is -2.02. The van der Waals surface area contributed by atoms with Crippen LogP contribution in [0.2, 0.25) is 5.02 Å². The second-order valence-electron chi connectivity index (χ2n) is 6.93. The molecule has 6 nitrogen and oxygen atoms in total. The molecule has 1 aliphatic heterocycles. The number of hydrogen-bond acceptors (Lipinski definition) is 4. The van der Waals surface area contributed by atoms with Crippen molar-refractivity contribution in [2.75, 3.05) is 18.0 Å². The van der Waals surface area contributed by atoms with Crippen molar-refractivity contribution < 1.29 is 0 Å². The predicted molar refractivity (Wildman–Crippen MR) is 111 cm³/mol. The van der Waals surface area contributed by atoms with Gasteiger partial charge in [-0.2, -0.15) is 0 Å². The average Bonchev–Trinajstić information content (AvgIpc) is 2.99. The van der Waals surface area contributed by atoms with Crippen LogP contribution in [-0.4, -0.2) is 33.3 Å². The molecule has 27 heavy (non-hydrogen) atoms. The van der Waals surface area contributed by atoms with E-state index in [1.165, 1.54) is 0 Å². The van der Waals surface area contributed by atoms with Crippen molar-refractivity contribution >= 4 is 35.3 Å². The number of nitrogens with zero attached hydrogens (tertiary/aromatic N) is 4. The largest absolute Gasteiger partial charge is 0.353 e. The maximum atomic E-state index is 12.8. The molecule has 144 valence electrons. The maximum absolute atomic E-state index is 12.8. The fraction of sp³-hybridized carbons (Fsp3) is 0.368. The van der Waals surface area contributed by atoms with Crippen LogP contribution in [0.5, 0.6) is 0 Å². The van der Waals surface area contributed by atoms with Gasteiger partial charge in [-0.1, -0.05) is 29.8 Å². The Labute approximate surface area is 168 Å². The van der Waals surface area contributed by atoms with Gasteiger partial charge in [0.25, 0.3) is 5.56 Å². The molecule has 1 atom stereocenters. The Bertz CT molecular complexity index is 1010. The van der Waals surface area contributed by atoms with Gasteiger partial charge in [0.1, 0.15) is 5.52 Å². The summed E-state index contributed by atoms with van der Waals surface area (Å²) in [4.78, 5) is 15.0. The van der Waals surface area contributed by atoms with Gasteiger partial charge in [0.2, 0.25) is 0 Å². The molecule has 1 fully saturated rings. The lowest BCUT2D eigenvalue weighted by Crippen LogP contribution is -2.43. The summed E-state index contributed by atoms with van der Waals surface area (Å²) in [7, 11) is 1.76. The molecule has 1 saturated heterocycles. The molecule has 0 unspecified atom stereocenters. The Morgan fingerprint density at radius 1 is 1.30 bits per heavy atom. The van der Waals surface area contributed by atoms with Crippen LogP contribution in [0.4, 0.5) is 5.82 Å². The second-order valence-corrected chi connectivity index (χ2v) is 7.33. The van der Waals surface area contributed by atoms with Crippen molar-refractivity contribution in [3.63, 3.8) is 0 Å². The number of anilines is 1. The van der Waals surface area contributed by atoms with Crippen molar-refractivity contribution in [3.05, 3.63) is 63.2 Å². The van der Waals surface area contributed by atoms with Crippen molar-refractivity contribution in [2.24, 2.45) is 12.8 Å². The van der Waals surface area contributed by atoms with E-state index in [-0.39, 0.29) is 24.0 Å². The third-order valence-corrected chi connectivity index (χ3v) is 5.39. The van der Waals surface area contributed by atoms with E-state index in [0.717, 1.165) is 42.9 Å². The average molecular weight is 408 g/mol. The van der Waals surface area contributed by atoms with Crippen LogP contribution < -0.4 is 16.2 Å². The summed E-state index contributed by atoms with van der Waals surface area (Å²) in [6.07, 6.45) is 6.15. The number of nitrogens with two attached hydrogens (primary N) is 1. The third kappa shape index (κ3) is 3.70. The molecule has 0 spiro atoms. The number of benzene rings is 1. The number of aryl methyl sites for hydroxylation is 1. The van der Waals surface area contributed by atoms with Gasteiger partial charge in [0, 0.05) is 55.6 Å². The third-order valence-electron chi connectivity index (χ3n) is 5.02. The summed E-state index contributed by atoms with van der Waals surface area (Å²) in [6.45, 7) is 1.65. The van der Waals surface area contributed by atoms with E-state index in [1.54, 1.807) is 22.3 Å². The molecular formula is C19H23Cl2N5O. The molecule has 0 amide bonds. The summed E-state index contributed by atoms with van der Waals surface area (Å²) >= 11 is 6.38. The summed E-state index contributed by atoms with van der Waals surface area (Å²) < 4.78 is 3.27. The van der Waals surface area contributed by atoms with E-state index in [2.05, 4.69) is 4.90 Å². The van der Waals surface area contributed by atoms with Gasteiger partial charge >= 0.3 is 0 Å². The smallest absolute Gasteiger partial charge is 0.276 e. The fourth-order valence-electron chi connectivity index (χ4n) is 3.64. The van der Waals surface area contributed by atoms with E-state index in [0.29, 0.717) is 17.0 Å². The second kappa shape index (κ2) is 7.92. The Morgan fingerprint density at radius 2 is 2.07 bits per heavy atom. The topological polar surface area (TPSA) is 68.6 Å². The minimum atomic E-state index is -0.0605. The van der Waals surface area contributed by atoms with E-state index >= 15 is 0 Å². The number of rotatable bonds is 3. The number of hydrogen-bond donors (Lipinski definition) is 1. The van der Waals surface area contributed by atoms with Crippen molar-refractivity contribution in [2.45, 2.75) is 25.3 Å². The number of halogens is 2. The summed E-state index contributed by atoms with van der Waals surface area (Å²) in [5.74, 6) is 0.836. The zero-order valence-electron chi connectivity index (χ0n) is 15.1. The van der Waals surface area contributed by atoms with Crippen LogP contribution in [-0.2, 0) is 13.5 Å². The lowest BCUT2D eigenvalue weighted by Gasteiger charge is -2.31. The number of fused-ring (bicyclic) bond motifs is 1. The van der Waals surface area contributed by atoms with E-state index < -0.39 is 0 Å². The van der Waals surface area contributed by atoms with Gasteiger partial charge in [-0.3, -0.25) is 4.79 Å². The molecule has 0 aliphatic carbocycles. The highest BCUT2D eigenvalue weighted by molar-refractivity contribution is 6.31. The molecular weight excluding hydrogens is 385 g/mol. The molecule has 0 radical (unpaired) electrons. The molecule has 3 heterocycles. The van der Waals surface area contributed by atoms with Gasteiger partial charge in [-0.05, 0) is 24.5 Å². The van der Waals surface area contributed by atoms with E-state index in [9.17, 15) is 4.79 Å². The molecule has 0 saturated carbocycles. The van der Waals surface area contributed by atoms with Crippen molar-refractivity contribution in [3.8, 4) is 0 Å². The highest BCUT2D eigenvalue weighted by atomic mass is 35.5. The molecule has 8 heteroatoms. The van der Waals surface area contributed by atoms with Gasteiger partial charge < -0.3 is 15.2 Å². The normalized spacial score (nSPS) is 17.1. The lowest BCUT2D eigenvalue weighted by molar-refractivity contribution is 0.502.